The Bertz CT molecular complexity index is 4110. The van der Waals surface area contributed by atoms with Gasteiger partial charge in [0.1, 0.15) is 10.5 Å². The van der Waals surface area contributed by atoms with E-state index >= 15 is 0 Å². The van der Waals surface area contributed by atoms with Gasteiger partial charge in [0, 0.05) is 25.9 Å². The Labute approximate surface area is 535 Å². The van der Waals surface area contributed by atoms with Gasteiger partial charge in [0.05, 0.1) is 104 Å². The fourth-order valence-corrected chi connectivity index (χ4v) is 30.8. The number of hydrogen-bond donors (Lipinski definition) is 17. The topological polar surface area (TPSA) is 629 Å². The monoisotopic (exact) mass is 1540 g/mol. The molecular formula is C42H79N11O28S11. The second-order valence-electron chi connectivity index (χ2n) is 25.6. The molecule has 5 heterocycles. The van der Waals surface area contributed by atoms with Crippen molar-refractivity contribution < 1.29 is 120 Å². The molecule has 92 heavy (non-hydrogen) atoms. The second kappa shape index (κ2) is 26.7. The van der Waals surface area contributed by atoms with Crippen LogP contribution in [-0.2, 0) is 110 Å². The first kappa shape index (κ1) is 75.0. The molecule has 5 aliphatic heterocycles. The van der Waals surface area contributed by atoms with E-state index < -0.39 is 337 Å². The number of sulfone groups is 2. The molecule has 9 fully saturated rings. The van der Waals surface area contributed by atoms with Crippen LogP contribution >= 0.6 is 0 Å². The van der Waals surface area contributed by atoms with E-state index in [0.29, 0.717) is 0 Å². The molecule has 9 rings (SSSR count). The van der Waals surface area contributed by atoms with Gasteiger partial charge < -0.3 is 0 Å². The molecule has 5 saturated heterocycles. The third-order valence-corrected chi connectivity index (χ3v) is 35.7. The minimum Gasteiger partial charge on any atom is -0.286 e. The van der Waals surface area contributed by atoms with Crippen LogP contribution in [0.25, 0.3) is 0 Å². The Hall–Kier alpha value is -1.23. The third kappa shape index (κ3) is 17.5. The molecule has 536 valence electrons. The van der Waals surface area contributed by atoms with E-state index in [9.17, 15) is 120 Å². The van der Waals surface area contributed by atoms with Gasteiger partial charge in [-0.3, -0.25) is 69.9 Å². The third-order valence-electron chi connectivity index (χ3n) is 20.0. The molecule has 17 N–H and O–H groups in total. The lowest BCUT2D eigenvalue weighted by molar-refractivity contribution is 0.169. The van der Waals surface area contributed by atoms with Gasteiger partial charge in [-0.1, -0.05) is 0 Å². The minimum atomic E-state index is -5.35. The van der Waals surface area contributed by atoms with E-state index in [2.05, 4.69) is 52.0 Å². The summed E-state index contributed by atoms with van der Waals surface area (Å²) < 4.78 is 354. The maximum absolute atomic E-state index is 14.3. The predicted octanol–water partition coefficient (Wildman–Crippen LogP) is -8.61. The van der Waals surface area contributed by atoms with Crippen molar-refractivity contribution in [3.8, 4) is 0 Å². The zero-order valence-electron chi connectivity index (χ0n) is 48.7. The standard InChI is InChI=1S/C42H79N11O28S11/c1-82(54,55)29-14-23-25(16-31(29)89(72,73)44-6-11-86(64,65)66)39-48-36-22-13-20(88(70,71)43-5-10-85(61,62)63)3-4-21(22)35(46-36)47-41-28-19-34(92(79,80)81)32(90(74,75)45-7-12-87(67,68)69)17-26(28)40(52-41)53-42-27-18-33(91(76,77)78)30(83(56,57)8-2-9-84(58,59)60)15-24(27)38(51-42)49-37(23)50-39/h20-53H,2-19H2,1H3,(H,58,59,60)(H,61,62,63)(H,64,65,66)(H,67,68,69)(H,76,77,78)(H,79,80,81). The molecule has 4 saturated carbocycles. The van der Waals surface area contributed by atoms with Gasteiger partial charge in [-0.15, -0.1) is 0 Å². The number of rotatable bonds is 23. The molecule has 0 aromatic heterocycles. The molecule has 9 aliphatic rings. The Morgan fingerprint density at radius 1 is 0.304 bits per heavy atom. The van der Waals surface area contributed by atoms with E-state index in [0.717, 1.165) is 6.26 Å². The van der Waals surface area contributed by atoms with Gasteiger partial charge >= 0.3 is 0 Å². The molecule has 0 aromatic rings. The van der Waals surface area contributed by atoms with Gasteiger partial charge in [0.25, 0.3) is 60.7 Å². The lowest BCUT2D eigenvalue weighted by Gasteiger charge is -2.42. The van der Waals surface area contributed by atoms with Crippen molar-refractivity contribution in [3.63, 3.8) is 0 Å². The van der Waals surface area contributed by atoms with Crippen molar-refractivity contribution in [1.82, 2.24) is 56.7 Å². The van der Waals surface area contributed by atoms with Crippen LogP contribution in [0.1, 0.15) is 64.2 Å². The molecule has 50 heteroatoms. The van der Waals surface area contributed by atoms with Gasteiger partial charge in [-0.25, -0.2) is 56.3 Å². The Kier molecular flexibility index (Phi) is 21.8. The molecule has 0 radical (unpaired) electrons. The minimum absolute atomic E-state index is 0.0673. The number of sulfonamides is 3. The van der Waals surface area contributed by atoms with E-state index in [4.69, 9.17) is 0 Å². The first-order valence-electron chi connectivity index (χ1n) is 29.1. The highest BCUT2D eigenvalue weighted by molar-refractivity contribution is 7.95. The summed E-state index contributed by atoms with van der Waals surface area (Å²) in [6, 6.07) is 0. The highest BCUT2D eigenvalue weighted by Crippen LogP contribution is 2.50. The Morgan fingerprint density at radius 3 is 0.902 bits per heavy atom. The van der Waals surface area contributed by atoms with E-state index in [1.165, 1.54) is 0 Å². The maximum Gasteiger partial charge on any atom is 0.269 e. The lowest BCUT2D eigenvalue weighted by atomic mass is 9.76. The van der Waals surface area contributed by atoms with Crippen molar-refractivity contribution in [3.05, 3.63) is 0 Å². The summed E-state index contributed by atoms with van der Waals surface area (Å²) in [6.45, 7) is -2.54. The highest BCUT2D eigenvalue weighted by atomic mass is 32.3. The number of hydrogen-bond acceptors (Lipinski definition) is 30. The first-order chi connectivity index (χ1) is 41.9. The molecular weight excluding hydrogens is 1460 g/mol. The van der Waals surface area contributed by atoms with Crippen LogP contribution in [0.15, 0.2) is 0 Å². The van der Waals surface area contributed by atoms with Gasteiger partial charge in [-0.05, 0) is 112 Å². The molecule has 0 aromatic carbocycles. The highest BCUT2D eigenvalue weighted by Gasteiger charge is 2.63. The van der Waals surface area contributed by atoms with E-state index in [1.54, 1.807) is 0 Å². The fourth-order valence-electron chi connectivity index (χ4n) is 16.0. The van der Waals surface area contributed by atoms with E-state index in [1.807, 2.05) is 4.72 Å². The second-order valence-corrected chi connectivity index (χ2v) is 45.8. The maximum atomic E-state index is 14.3. The zero-order chi connectivity index (χ0) is 68.3. The van der Waals surface area contributed by atoms with Crippen molar-refractivity contribution in [1.29, 1.82) is 0 Å². The van der Waals surface area contributed by atoms with Crippen LogP contribution in [0.2, 0.25) is 0 Å². The average Bonchev–Trinajstić information content (AvgIpc) is 1.53. The summed E-state index contributed by atoms with van der Waals surface area (Å²) in [4.78, 5) is 0. The van der Waals surface area contributed by atoms with Gasteiger partial charge in [0.2, 0.25) is 30.1 Å². The van der Waals surface area contributed by atoms with Gasteiger partial charge in [0.15, 0.2) is 19.7 Å². The molecule has 8 bridgehead atoms. The SMILES string of the molecule is CS(=O)(=O)C1CC2C3NC4NC(NC5NC(NC6NC(NC(N3)C2CC1S(=O)(=O)NCCS(=O)(=O)O)C1CC(S(=O)(=O)NCCS(=O)(=O)O)CCC61)C1CC(S(=O)(=O)O)C(S(=O)(=O)NCCS(=O)(=O)O)CC51)C1CC(S(=O)(=O)O)C(S(=O)(=O)CCCS(=O)(=O)O)CC41. The number of fused-ring (bicyclic) bond motifs is 20. The largest absolute Gasteiger partial charge is 0.286 e. The normalized spacial score (nSPS) is 39.4. The van der Waals surface area contributed by atoms with Crippen molar-refractivity contribution >= 4 is 110 Å². The number of nitrogens with one attached hydrogen (secondary N) is 11. The molecule has 0 amide bonds. The summed E-state index contributed by atoms with van der Waals surface area (Å²) in [7, 11) is -52.9. The fraction of sp³-hybridized carbons (Fsp3) is 1.00. The predicted molar refractivity (Wildman–Crippen MR) is 324 cm³/mol. The van der Waals surface area contributed by atoms with Crippen LogP contribution in [-0.4, -0.2) is 261 Å². The smallest absolute Gasteiger partial charge is 0.269 e. The van der Waals surface area contributed by atoms with Crippen molar-refractivity contribution in [2.24, 2.45) is 47.3 Å². The summed E-state index contributed by atoms with van der Waals surface area (Å²) >= 11 is 0. The summed E-state index contributed by atoms with van der Waals surface area (Å²) in [5, 5.41) is 14.1. The van der Waals surface area contributed by atoms with Crippen molar-refractivity contribution in [2.75, 3.05) is 54.7 Å². The van der Waals surface area contributed by atoms with Crippen LogP contribution in [0, 0.1) is 47.3 Å². The van der Waals surface area contributed by atoms with Crippen molar-refractivity contribution in [2.45, 2.75) is 150 Å². The van der Waals surface area contributed by atoms with Gasteiger partial charge in [-0.2, -0.15) is 50.5 Å². The lowest BCUT2D eigenvalue weighted by Crippen LogP contribution is -2.61. The zero-order valence-corrected chi connectivity index (χ0v) is 57.6. The summed E-state index contributed by atoms with van der Waals surface area (Å²) in [5.74, 6) is -12.8. The summed E-state index contributed by atoms with van der Waals surface area (Å²) in [5.41, 5.74) is 0. The Balaban J connectivity index is 1.16. The van der Waals surface area contributed by atoms with E-state index in [-0.39, 0.29) is 19.3 Å². The molecule has 23 atom stereocenters. The molecule has 0 spiro atoms. The molecule has 39 nitrogen and oxygen atoms in total. The molecule has 4 aliphatic carbocycles. The average molecular weight is 1540 g/mol. The van der Waals surface area contributed by atoms with Crippen LogP contribution in [0.3, 0.4) is 0 Å². The summed E-state index contributed by atoms with van der Waals surface area (Å²) in [6.07, 6.45) is -12.7. The Morgan fingerprint density at radius 2 is 0.576 bits per heavy atom. The van der Waals surface area contributed by atoms with Crippen LogP contribution in [0.5, 0.6) is 0 Å². The quantitative estimate of drug-likeness (QED) is 0.0423. The van der Waals surface area contributed by atoms with Crippen LogP contribution < -0.4 is 56.7 Å². The van der Waals surface area contributed by atoms with Crippen LogP contribution in [0.4, 0.5) is 0 Å². The first-order valence-corrected chi connectivity index (χ1v) is 46.8. The molecule has 23 unspecified atom stereocenters.